The number of aliphatic hydroxyl groups is 3. The largest absolute Gasteiger partial charge is 0.393 e. The molecule has 19 heteroatoms. The number of halogens is 1. The smallest absolute Gasteiger partial charge is 0.361 e. The zero-order valence-electron chi connectivity index (χ0n) is 20.4. The van der Waals surface area contributed by atoms with E-state index in [0.29, 0.717) is 22.9 Å². The van der Waals surface area contributed by atoms with Crippen LogP contribution in [0.2, 0.25) is 5.28 Å². The predicted molar refractivity (Wildman–Crippen MR) is 130 cm³/mol. The minimum atomic E-state index is -5.13. The summed E-state index contributed by atoms with van der Waals surface area (Å²) in [6.45, 7) is -2.00. The lowest BCUT2D eigenvalue weighted by Gasteiger charge is -2.33. The monoisotopic (exact) mass is 590 g/mol. The summed E-state index contributed by atoms with van der Waals surface area (Å²) >= 11 is 6.14. The second-order valence-electron chi connectivity index (χ2n) is 9.47. The number of aliphatic hydroxyl groups excluding tert-OH is 3. The third-order valence-corrected chi connectivity index (χ3v) is 8.29. The molecule has 1 saturated heterocycles. The van der Waals surface area contributed by atoms with E-state index in [-0.39, 0.29) is 17.7 Å². The Morgan fingerprint density at radius 1 is 1.28 bits per heavy atom. The van der Waals surface area contributed by atoms with Gasteiger partial charge < -0.3 is 44.6 Å². The summed E-state index contributed by atoms with van der Waals surface area (Å²) in [6, 6.07) is 3.37. The van der Waals surface area contributed by atoms with Gasteiger partial charge in [0.1, 0.15) is 36.5 Å². The molecule has 0 aromatic carbocycles. The van der Waals surface area contributed by atoms with Crippen molar-refractivity contribution >= 4 is 30.5 Å². The molecule has 214 valence electrons. The van der Waals surface area contributed by atoms with Crippen LogP contribution < -0.4 is 5.32 Å². The Morgan fingerprint density at radius 3 is 2.74 bits per heavy atom. The lowest BCUT2D eigenvalue weighted by Crippen LogP contribution is -2.45. The van der Waals surface area contributed by atoms with Gasteiger partial charge in [0.05, 0.1) is 25.5 Å². The van der Waals surface area contributed by atoms with Crippen LogP contribution in [0.3, 0.4) is 0 Å². The second kappa shape index (κ2) is 11.3. The fraction of sp³-hybridized carbons (Fsp3) is 0.650. The van der Waals surface area contributed by atoms with Crippen molar-refractivity contribution in [2.24, 2.45) is 5.92 Å². The topological polar surface area (TPSA) is 243 Å². The molecule has 0 amide bonds. The number of aromatic amines is 1. The SMILES string of the molecule is O=P(O)(O)[C@@](CO)(COCc1nn[nH]n1)OC[C@H]1O[C@@H](c2ccc3c(NCC4CC4)nc(Cl)nn23)[C@H](O)[C@@H]1O. The van der Waals surface area contributed by atoms with Gasteiger partial charge in [0.15, 0.2) is 11.6 Å². The van der Waals surface area contributed by atoms with Gasteiger partial charge in [0.25, 0.3) is 0 Å². The number of hydrogen-bond donors (Lipinski definition) is 7. The Bertz CT molecular complexity index is 1320. The average Bonchev–Trinajstić information content (AvgIpc) is 3.26. The molecule has 17 nitrogen and oxygen atoms in total. The number of nitrogens with zero attached hydrogens (tertiary/aromatic N) is 6. The van der Waals surface area contributed by atoms with E-state index in [2.05, 4.69) is 36.0 Å². The minimum Gasteiger partial charge on any atom is -0.393 e. The molecule has 0 bridgehead atoms. The van der Waals surface area contributed by atoms with Crippen LogP contribution in [0, 0.1) is 5.92 Å². The Morgan fingerprint density at radius 2 is 2.08 bits per heavy atom. The third-order valence-electron chi connectivity index (χ3n) is 6.67. The van der Waals surface area contributed by atoms with Crippen LogP contribution >= 0.6 is 19.2 Å². The zero-order valence-corrected chi connectivity index (χ0v) is 22.0. The molecule has 1 aliphatic carbocycles. The van der Waals surface area contributed by atoms with E-state index in [1.165, 1.54) is 4.52 Å². The normalized spacial score (nSPS) is 25.3. The first-order chi connectivity index (χ1) is 18.6. The third kappa shape index (κ3) is 5.92. The number of H-pyrrole nitrogens is 1. The molecule has 39 heavy (non-hydrogen) atoms. The molecule has 5 atom stereocenters. The quantitative estimate of drug-likeness (QED) is 0.118. The van der Waals surface area contributed by atoms with Crippen molar-refractivity contribution in [2.45, 2.75) is 49.2 Å². The molecular formula is C20H28ClN8O9P. The fourth-order valence-electron chi connectivity index (χ4n) is 4.21. The van der Waals surface area contributed by atoms with Crippen molar-refractivity contribution in [3.8, 4) is 0 Å². The number of fused-ring (bicyclic) bond motifs is 1. The highest BCUT2D eigenvalue weighted by Crippen LogP contribution is 2.51. The van der Waals surface area contributed by atoms with E-state index in [1.807, 2.05) is 0 Å². The lowest BCUT2D eigenvalue weighted by atomic mass is 10.1. The highest BCUT2D eigenvalue weighted by molar-refractivity contribution is 7.53. The van der Waals surface area contributed by atoms with Gasteiger partial charge in [-0.15, -0.1) is 15.3 Å². The van der Waals surface area contributed by atoms with Crippen LogP contribution in [0.25, 0.3) is 5.52 Å². The van der Waals surface area contributed by atoms with Crippen molar-refractivity contribution in [2.75, 3.05) is 31.7 Å². The first kappa shape index (κ1) is 28.2. The number of rotatable bonds is 13. The van der Waals surface area contributed by atoms with E-state index in [0.717, 1.165) is 19.4 Å². The number of anilines is 1. The van der Waals surface area contributed by atoms with Crippen LogP contribution in [0.15, 0.2) is 12.1 Å². The second-order valence-corrected chi connectivity index (χ2v) is 11.7. The minimum absolute atomic E-state index is 0.0404. The number of hydrogen-bond acceptors (Lipinski definition) is 13. The van der Waals surface area contributed by atoms with Crippen molar-refractivity contribution in [1.82, 2.24) is 35.2 Å². The highest BCUT2D eigenvalue weighted by Gasteiger charge is 2.51. The van der Waals surface area contributed by atoms with Crippen molar-refractivity contribution in [3.05, 3.63) is 28.9 Å². The van der Waals surface area contributed by atoms with Gasteiger partial charge in [-0.3, -0.25) is 4.57 Å². The first-order valence-electron chi connectivity index (χ1n) is 12.0. The maximum absolute atomic E-state index is 12.3. The fourth-order valence-corrected chi connectivity index (χ4v) is 5.05. The maximum atomic E-state index is 12.3. The van der Waals surface area contributed by atoms with Crippen LogP contribution in [-0.4, -0.2) is 110 Å². The van der Waals surface area contributed by atoms with E-state index < -0.39 is 57.2 Å². The standard InChI is InChI=1S/C20H28ClN8O9P/c21-19-23-18(22-5-10-1-2-10)12-4-3-11(29(12)26-19)17-16(32)15(31)13(38-17)6-37-20(8-30,39(33,34)35)9-36-7-14-24-27-28-25-14/h3-4,10,13,15-17,30-32H,1-2,5-9H2,(H,22,23,26)(H2,33,34,35)(H,24,25,27,28)/t13-,15-,16-,17+,20+/m1/s1. The number of tetrazole rings is 1. The van der Waals surface area contributed by atoms with Crippen molar-refractivity contribution in [3.63, 3.8) is 0 Å². The van der Waals surface area contributed by atoms with E-state index >= 15 is 0 Å². The Hall–Kier alpha value is -2.31. The van der Waals surface area contributed by atoms with E-state index in [4.69, 9.17) is 25.8 Å². The van der Waals surface area contributed by atoms with E-state index in [1.54, 1.807) is 12.1 Å². The Balaban J connectivity index is 1.30. The molecule has 7 N–H and O–H groups in total. The molecule has 0 radical (unpaired) electrons. The maximum Gasteiger partial charge on any atom is 0.361 e. The molecule has 0 spiro atoms. The Kier molecular flexibility index (Phi) is 8.17. The summed E-state index contributed by atoms with van der Waals surface area (Å²) in [4.78, 5) is 24.1. The number of nitrogens with one attached hydrogen (secondary N) is 2. The molecule has 0 unspecified atom stereocenters. The Labute approximate surface area is 225 Å². The van der Waals surface area contributed by atoms with Gasteiger partial charge in [-0.05, 0) is 42.5 Å². The van der Waals surface area contributed by atoms with Crippen LogP contribution in [0.1, 0.15) is 30.5 Å². The molecule has 4 heterocycles. The van der Waals surface area contributed by atoms with Gasteiger partial charge in [0, 0.05) is 6.54 Å². The highest BCUT2D eigenvalue weighted by atomic mass is 35.5. The molecule has 1 saturated carbocycles. The molecule has 1 aliphatic heterocycles. The van der Waals surface area contributed by atoms with Crippen LogP contribution in [0.5, 0.6) is 0 Å². The summed E-state index contributed by atoms with van der Waals surface area (Å²) in [6.07, 6.45) is -2.98. The summed E-state index contributed by atoms with van der Waals surface area (Å²) < 4.78 is 30.3. The summed E-state index contributed by atoms with van der Waals surface area (Å²) in [5.41, 5.74) is 0.948. The molecule has 2 aliphatic rings. The number of ether oxygens (including phenoxy) is 3. The van der Waals surface area contributed by atoms with Gasteiger partial charge >= 0.3 is 7.60 Å². The summed E-state index contributed by atoms with van der Waals surface area (Å²) in [5, 5.41) is 49.2. The molecule has 3 aromatic heterocycles. The van der Waals surface area contributed by atoms with Gasteiger partial charge in [-0.1, -0.05) is 5.21 Å². The summed E-state index contributed by atoms with van der Waals surface area (Å²) in [5.74, 6) is 1.20. The van der Waals surface area contributed by atoms with Gasteiger partial charge in [-0.25, -0.2) is 4.52 Å². The van der Waals surface area contributed by atoms with Crippen molar-refractivity contribution < 1.29 is 43.9 Å². The predicted octanol–water partition coefficient (Wildman–Crippen LogP) is -1.02. The van der Waals surface area contributed by atoms with E-state index in [9.17, 15) is 29.7 Å². The van der Waals surface area contributed by atoms with Crippen molar-refractivity contribution in [1.29, 1.82) is 0 Å². The molecule has 3 aromatic rings. The molecular weight excluding hydrogens is 563 g/mol. The summed E-state index contributed by atoms with van der Waals surface area (Å²) in [7, 11) is -5.13. The van der Waals surface area contributed by atoms with Crippen LogP contribution in [-0.2, 0) is 25.4 Å². The molecule has 5 rings (SSSR count). The van der Waals surface area contributed by atoms with Gasteiger partial charge in [0.2, 0.25) is 10.6 Å². The van der Waals surface area contributed by atoms with Crippen LogP contribution in [0.4, 0.5) is 5.82 Å². The first-order valence-corrected chi connectivity index (χ1v) is 14.0. The number of aromatic nitrogens is 7. The zero-order chi connectivity index (χ0) is 27.8. The average molecular weight is 591 g/mol. The lowest BCUT2D eigenvalue weighted by molar-refractivity contribution is -0.126. The molecule has 2 fully saturated rings. The van der Waals surface area contributed by atoms with Gasteiger partial charge in [-0.2, -0.15) is 10.2 Å².